The standard InChI is InChI=1S/C7H15NO.C3H7NO2.C2H5NO.CH4/c1-3-4-5-7(6-9)8-2;4-2-1-3(5)6;1-2(3)4;/h6-8H,3-5H2,1-2H3;1-2,4H2,(H,5,6);1H3,(H2,3,4);1H4/i1+1,2+1;2+1,4+1;;1+1. The van der Waals surface area contributed by atoms with Gasteiger partial charge in [-0.25, -0.2) is 0 Å². The molecule has 0 saturated heterocycles. The molecule has 0 aliphatic rings. The second-order valence-corrected chi connectivity index (χ2v) is 3.72. The molecule has 0 saturated carbocycles. The fraction of sp³-hybridized carbons (Fsp3) is 0.769. The maximum Gasteiger partial charge on any atom is 0.304 e. The van der Waals surface area contributed by atoms with Crippen molar-refractivity contribution in [1.29, 1.82) is 0 Å². The van der Waals surface area contributed by atoms with Crippen molar-refractivity contribution in [2.24, 2.45) is 11.5 Å². The molecule has 0 aromatic rings. The Morgan fingerprint density at radius 3 is 2.00 bits per heavy atom. The average molecular weight is 298 g/mol. The third kappa shape index (κ3) is 43.9. The number of amides is 1. The molecule has 0 radical (unpaired) electrons. The lowest BCUT2D eigenvalue weighted by Crippen LogP contribution is -2.26. The first-order valence-electron chi connectivity index (χ1n) is 6.16. The molecule has 7 nitrogen and oxygen atoms in total. The summed E-state index contributed by atoms with van der Waals surface area (Å²) in [4.78, 5) is 28.9. The summed E-state index contributed by atoms with van der Waals surface area (Å²) < 4.78 is 0. The summed E-state index contributed by atoms with van der Waals surface area (Å²) in [5.74, 6) is -1.17. The zero-order valence-corrected chi connectivity index (χ0v) is 12.0. The third-order valence-electron chi connectivity index (χ3n) is 1.76. The number of aliphatic carboxylic acids is 1. The fourth-order valence-corrected chi connectivity index (χ4v) is 0.828. The third-order valence-corrected chi connectivity index (χ3v) is 1.76. The fourth-order valence-electron chi connectivity index (χ4n) is 0.828. The van der Waals surface area contributed by atoms with Crippen LogP contribution in [0.1, 0.15) is 47.0 Å². The van der Waals surface area contributed by atoms with Crippen LogP contribution in [0.4, 0.5) is 0 Å². The molecule has 122 valence electrons. The number of carboxylic acids is 1. The van der Waals surface area contributed by atoms with Crippen molar-refractivity contribution in [3.8, 4) is 0 Å². The zero-order chi connectivity index (χ0) is 15.7. The first-order valence-corrected chi connectivity index (χ1v) is 6.16. The van der Waals surface area contributed by atoms with E-state index in [4.69, 9.17) is 10.8 Å². The van der Waals surface area contributed by atoms with E-state index in [0.29, 0.717) is 0 Å². The minimum absolute atomic E-state index is 0. The smallest absolute Gasteiger partial charge is 0.304 e. The van der Waals surface area contributed by atoms with Crippen LogP contribution in [0.25, 0.3) is 0 Å². The molecule has 0 bridgehead atoms. The Kier molecular flexibility index (Phi) is 30.6. The molecule has 0 spiro atoms. The number of hydrogen-bond acceptors (Lipinski definition) is 5. The zero-order valence-electron chi connectivity index (χ0n) is 12.0. The van der Waals surface area contributed by atoms with E-state index in [1.54, 1.807) is 0 Å². The maximum absolute atomic E-state index is 10.2. The molecular formula is C13H31N3O4. The highest BCUT2D eigenvalue weighted by Gasteiger charge is 2.00. The number of primary amides is 1. The average Bonchev–Trinajstić information content (AvgIpc) is 2.30. The minimum atomic E-state index is -0.836. The van der Waals surface area contributed by atoms with Crippen LogP contribution in [0.3, 0.4) is 0 Å². The van der Waals surface area contributed by atoms with Gasteiger partial charge in [0.15, 0.2) is 0 Å². The molecule has 0 aliphatic carbocycles. The van der Waals surface area contributed by atoms with Gasteiger partial charge in [0, 0.05) is 13.5 Å². The maximum atomic E-state index is 10.2. The number of nitrogens with one attached hydrogen (secondary N) is 1. The van der Waals surface area contributed by atoms with Crippen molar-refractivity contribution in [2.45, 2.75) is 53.0 Å². The molecular weight excluding hydrogens is 267 g/mol. The van der Waals surface area contributed by atoms with Crippen LogP contribution in [0.5, 0.6) is 0 Å². The second-order valence-electron chi connectivity index (χ2n) is 3.72. The van der Waals surface area contributed by atoms with Gasteiger partial charge in [0.2, 0.25) is 5.91 Å². The monoisotopic (exact) mass is 298 g/mol. The summed E-state index contributed by atoms with van der Waals surface area (Å²) in [5, 5.41) is 10.8. The van der Waals surface area contributed by atoms with E-state index in [-0.39, 0.29) is 32.3 Å². The van der Waals surface area contributed by atoms with Gasteiger partial charge in [0.1, 0.15) is 6.29 Å². The molecule has 0 fully saturated rings. The second kappa shape index (κ2) is 22.7. The van der Waals surface area contributed by atoms with Crippen molar-refractivity contribution in [3.63, 3.8) is 0 Å². The highest BCUT2D eigenvalue weighted by molar-refractivity contribution is 5.70. The first kappa shape index (κ1) is 27.0. The molecule has 0 rings (SSSR count). The van der Waals surface area contributed by atoms with E-state index in [1.807, 2.05) is 7.05 Å². The van der Waals surface area contributed by atoms with Crippen LogP contribution >= 0.6 is 0 Å². The van der Waals surface area contributed by atoms with E-state index in [1.165, 1.54) is 6.92 Å². The van der Waals surface area contributed by atoms with Gasteiger partial charge >= 0.3 is 5.97 Å². The summed E-state index contributed by atoms with van der Waals surface area (Å²) in [6.45, 7) is 3.66. The highest BCUT2D eigenvalue weighted by Crippen LogP contribution is 1.96. The quantitative estimate of drug-likeness (QED) is 0.307. The van der Waals surface area contributed by atoms with Crippen LogP contribution < -0.4 is 16.8 Å². The van der Waals surface area contributed by atoms with E-state index in [9.17, 15) is 14.4 Å². The van der Waals surface area contributed by atoms with Crippen molar-refractivity contribution < 1.29 is 19.5 Å². The van der Waals surface area contributed by atoms with Crippen LogP contribution in [0.15, 0.2) is 0 Å². The lowest BCUT2D eigenvalue weighted by Gasteiger charge is -2.05. The van der Waals surface area contributed by atoms with Crippen molar-refractivity contribution in [1.82, 2.24) is 5.32 Å². The molecule has 0 aromatic heterocycles. The number of aldehydes is 1. The number of unbranched alkanes of at least 4 members (excludes halogenated alkanes) is 1. The number of nitrogens with two attached hydrogens (primary N) is 2. The number of carbonyl (C=O) groups is 3. The van der Waals surface area contributed by atoms with E-state index < -0.39 is 5.97 Å². The normalized spacial score (nSPS) is 9.60. The van der Waals surface area contributed by atoms with Crippen molar-refractivity contribution >= 4 is 18.2 Å². The Labute approximate surface area is 122 Å². The minimum Gasteiger partial charge on any atom is -0.481 e. The van der Waals surface area contributed by atoms with Gasteiger partial charge in [0.05, 0.1) is 12.5 Å². The van der Waals surface area contributed by atoms with Gasteiger partial charge in [-0.3, -0.25) is 9.59 Å². The van der Waals surface area contributed by atoms with Gasteiger partial charge in [0.25, 0.3) is 0 Å². The van der Waals surface area contributed by atoms with Gasteiger partial charge in [-0.2, -0.15) is 0 Å². The Bertz CT molecular complexity index is 232. The molecule has 6 N–H and O–H groups in total. The van der Waals surface area contributed by atoms with E-state index in [0.717, 1.165) is 25.5 Å². The summed E-state index contributed by atoms with van der Waals surface area (Å²) in [6, 6.07) is 0.0740. The van der Waals surface area contributed by atoms with Gasteiger partial charge < -0.3 is 26.7 Å². The van der Waals surface area contributed by atoms with Crippen molar-refractivity contribution in [3.05, 3.63) is 0 Å². The van der Waals surface area contributed by atoms with Crippen LogP contribution in [0.2, 0.25) is 0 Å². The molecule has 1 unspecified atom stereocenters. The van der Waals surface area contributed by atoms with E-state index in [2.05, 4.69) is 18.0 Å². The molecule has 20 heavy (non-hydrogen) atoms. The lowest BCUT2D eigenvalue weighted by molar-refractivity contribution is -0.136. The van der Waals surface area contributed by atoms with Crippen molar-refractivity contribution in [2.75, 3.05) is 13.6 Å². The molecule has 0 heterocycles. The largest absolute Gasteiger partial charge is 0.481 e. The summed E-state index contributed by atoms with van der Waals surface area (Å²) in [6.07, 6.45) is 4.29. The SMILES string of the molecule is CC(N)=O.[13CH3]CCCC(C=O)N[13CH3].[13CH4].[15NH2][13CH2]CC(=O)O. The summed E-state index contributed by atoms with van der Waals surface area (Å²) in [5.41, 5.74) is 9.32. The molecule has 7 heteroatoms. The molecule has 0 aromatic carbocycles. The first-order chi connectivity index (χ1) is 8.85. The van der Waals surface area contributed by atoms with Gasteiger partial charge in [-0.15, -0.1) is 0 Å². The topological polar surface area (TPSA) is 136 Å². The number of carbonyl (C=O) groups excluding carboxylic acids is 2. The molecule has 1 amide bonds. The number of carboxylic acid groups (broad SMARTS) is 1. The Morgan fingerprint density at radius 2 is 1.85 bits per heavy atom. The van der Waals surface area contributed by atoms with Gasteiger partial charge in [-0.05, 0) is 13.5 Å². The molecule has 1 atom stereocenters. The number of rotatable bonds is 7. The highest BCUT2D eigenvalue weighted by atomic mass is 16.4. The lowest BCUT2D eigenvalue weighted by atomic mass is 10.2. The van der Waals surface area contributed by atoms with E-state index >= 15 is 0 Å². The Hall–Kier alpha value is -1.47. The van der Waals surface area contributed by atoms with Crippen LogP contribution in [0, 0.1) is 0 Å². The Morgan fingerprint density at radius 1 is 1.40 bits per heavy atom. The van der Waals surface area contributed by atoms with Crippen LogP contribution in [-0.4, -0.2) is 42.9 Å². The van der Waals surface area contributed by atoms with Gasteiger partial charge in [-0.1, -0.05) is 27.2 Å². The summed E-state index contributed by atoms with van der Waals surface area (Å²) in [7, 11) is 1.81. The summed E-state index contributed by atoms with van der Waals surface area (Å²) >= 11 is 0. The Balaban J connectivity index is -0.000000102. The number of hydrogen-bond donors (Lipinski definition) is 4. The number of likely N-dealkylation sites (N-methyl/N-ethyl adjacent to an activating group) is 1. The molecule has 0 aliphatic heterocycles. The predicted octanol–water partition coefficient (Wildman–Crippen LogP) is 0.511. The predicted molar refractivity (Wildman–Crippen MR) is 81.3 cm³/mol. The van der Waals surface area contributed by atoms with Crippen LogP contribution in [-0.2, 0) is 14.4 Å².